The van der Waals surface area contributed by atoms with Gasteiger partial charge in [0.15, 0.2) is 0 Å². The molecule has 2 unspecified atom stereocenters. The Morgan fingerprint density at radius 1 is 0.956 bits per heavy atom. The predicted molar refractivity (Wildman–Crippen MR) is 177 cm³/mol. The van der Waals surface area contributed by atoms with Gasteiger partial charge < -0.3 is 14.1 Å². The minimum absolute atomic E-state index is 0.0261. The van der Waals surface area contributed by atoms with E-state index in [2.05, 4.69) is 57.5 Å². The molecular weight excluding hydrogens is 642 g/mol. The average Bonchev–Trinajstić information content (AvgIpc) is 2.91. The van der Waals surface area contributed by atoms with Crippen LogP contribution in [-0.4, -0.2) is 93.0 Å². The van der Waals surface area contributed by atoms with Crippen LogP contribution in [0.4, 0.5) is 13.2 Å². The van der Waals surface area contributed by atoms with Crippen LogP contribution in [0.2, 0.25) is 28.2 Å². The van der Waals surface area contributed by atoms with Crippen molar-refractivity contribution in [3.8, 4) is 5.75 Å². The summed E-state index contributed by atoms with van der Waals surface area (Å²) in [7, 11) is -2.18. The van der Waals surface area contributed by atoms with Crippen molar-refractivity contribution in [3.63, 3.8) is 0 Å². The molecule has 3 atom stereocenters. The lowest BCUT2D eigenvalue weighted by atomic mass is 10.00. The van der Waals surface area contributed by atoms with E-state index in [4.69, 9.17) is 32.4 Å². The molecule has 2 saturated heterocycles. The molecule has 0 aliphatic carbocycles. The first-order valence-corrected chi connectivity index (χ1v) is 19.2. The van der Waals surface area contributed by atoms with E-state index < -0.39 is 26.0 Å². The molecule has 0 N–H and O–H groups in total. The number of alkyl halides is 3. The molecule has 2 aliphatic heterocycles. The first-order valence-electron chi connectivity index (χ1n) is 15.6. The van der Waals surface area contributed by atoms with Gasteiger partial charge >= 0.3 is 6.18 Å². The van der Waals surface area contributed by atoms with E-state index in [1.807, 2.05) is 18.2 Å². The van der Waals surface area contributed by atoms with Gasteiger partial charge in [-0.2, -0.15) is 13.2 Å². The molecule has 1 amide bonds. The molecule has 0 aromatic heterocycles. The Morgan fingerprint density at radius 3 is 2.22 bits per heavy atom. The highest BCUT2D eigenvalue weighted by Gasteiger charge is 2.40. The van der Waals surface area contributed by atoms with Gasteiger partial charge in [0.1, 0.15) is 5.75 Å². The zero-order valence-corrected chi connectivity index (χ0v) is 29.8. The summed E-state index contributed by atoms with van der Waals surface area (Å²) < 4.78 is 53.2. The first kappa shape index (κ1) is 36.0. The minimum atomic E-state index is -4.61. The maximum absolute atomic E-state index is 13.9. The number of amides is 1. The average molecular weight is 689 g/mol. The van der Waals surface area contributed by atoms with Crippen LogP contribution in [0.15, 0.2) is 36.4 Å². The highest BCUT2D eigenvalue weighted by Crippen LogP contribution is 2.40. The van der Waals surface area contributed by atoms with Crippen LogP contribution < -0.4 is 4.43 Å². The number of halogens is 5. The van der Waals surface area contributed by atoms with Gasteiger partial charge in [0.05, 0.1) is 22.8 Å². The van der Waals surface area contributed by atoms with Crippen molar-refractivity contribution in [2.75, 3.05) is 45.8 Å². The van der Waals surface area contributed by atoms with Crippen LogP contribution in [0.25, 0.3) is 0 Å². The van der Waals surface area contributed by atoms with Crippen molar-refractivity contribution in [1.82, 2.24) is 14.7 Å². The zero-order valence-electron chi connectivity index (χ0n) is 27.3. The highest BCUT2D eigenvalue weighted by atomic mass is 35.5. The van der Waals surface area contributed by atoms with Gasteiger partial charge in [-0.3, -0.25) is 14.6 Å². The summed E-state index contributed by atoms with van der Waals surface area (Å²) in [6.45, 7) is 20.0. The molecule has 0 spiro atoms. The quantitative estimate of drug-likeness (QED) is 0.264. The molecule has 2 aliphatic rings. The van der Waals surface area contributed by atoms with Crippen LogP contribution in [-0.2, 0) is 17.3 Å². The summed E-state index contributed by atoms with van der Waals surface area (Å²) in [5, 5.41) is 0.374. The number of hydrogen-bond donors (Lipinski definition) is 0. The third-order valence-corrected chi connectivity index (χ3v) is 14.0. The van der Waals surface area contributed by atoms with E-state index in [0.29, 0.717) is 36.8 Å². The number of morpholine rings is 1. The van der Waals surface area contributed by atoms with Crippen LogP contribution in [0.5, 0.6) is 5.75 Å². The van der Waals surface area contributed by atoms with Crippen LogP contribution in [0.3, 0.4) is 0 Å². The number of benzene rings is 2. The topological polar surface area (TPSA) is 45.2 Å². The van der Waals surface area contributed by atoms with Gasteiger partial charge in [0.2, 0.25) is 0 Å². The van der Waals surface area contributed by atoms with Gasteiger partial charge in [-0.1, -0.05) is 50.0 Å². The molecular formula is C33H46Cl2F3N3O3Si. The van der Waals surface area contributed by atoms with Crippen molar-refractivity contribution in [3.05, 3.63) is 63.1 Å². The van der Waals surface area contributed by atoms with Gasteiger partial charge in [0.25, 0.3) is 14.2 Å². The lowest BCUT2D eigenvalue weighted by molar-refractivity contribution is -0.137. The predicted octanol–water partition coefficient (Wildman–Crippen LogP) is 7.87. The zero-order chi connectivity index (χ0) is 33.3. The standard InChI is InChI=1S/C33H46Cl2F3N3O3Si/c1-22-19-40(20-23(2)43-22)11-10-39-12-13-41(31(42)25-16-26(33(36,37)38)18-27(34)17-25)28(21-39)14-24-8-9-29(35)30(15-24)44-45(6,7)32(3,4)5/h8-9,15-18,22-23,28H,10-14,19-21H2,1-7H3/t22?,23?,28-/m1/s1. The number of nitrogens with zero attached hydrogens (tertiary/aromatic N) is 3. The number of carbonyl (C=O) groups excluding carboxylic acids is 1. The minimum Gasteiger partial charge on any atom is -0.543 e. The normalized spacial score (nSPS) is 22.5. The van der Waals surface area contributed by atoms with Crippen LogP contribution in [0, 0.1) is 0 Å². The Balaban J connectivity index is 1.59. The molecule has 250 valence electrons. The fourth-order valence-electron chi connectivity index (χ4n) is 5.81. The number of piperazine rings is 1. The molecule has 45 heavy (non-hydrogen) atoms. The molecule has 4 rings (SSSR count). The molecule has 2 fully saturated rings. The lowest BCUT2D eigenvalue weighted by Gasteiger charge is -2.43. The van der Waals surface area contributed by atoms with Gasteiger partial charge in [-0.15, -0.1) is 0 Å². The third-order valence-electron chi connectivity index (χ3n) is 9.17. The van der Waals surface area contributed by atoms with E-state index >= 15 is 0 Å². The summed E-state index contributed by atoms with van der Waals surface area (Å²) in [5.74, 6) is 0.154. The summed E-state index contributed by atoms with van der Waals surface area (Å²) in [4.78, 5) is 20.3. The van der Waals surface area contributed by atoms with Crippen molar-refractivity contribution in [2.45, 2.75) is 83.6 Å². The molecule has 2 aromatic rings. The smallest absolute Gasteiger partial charge is 0.416 e. The summed E-state index contributed by atoms with van der Waals surface area (Å²) >= 11 is 12.7. The Hall–Kier alpha value is -1.82. The lowest BCUT2D eigenvalue weighted by Crippen LogP contribution is -2.57. The molecule has 2 heterocycles. The van der Waals surface area contributed by atoms with E-state index in [0.717, 1.165) is 43.9 Å². The highest BCUT2D eigenvalue weighted by molar-refractivity contribution is 6.74. The number of hydrogen-bond acceptors (Lipinski definition) is 5. The van der Waals surface area contributed by atoms with Crippen LogP contribution in [0.1, 0.15) is 56.1 Å². The fourth-order valence-corrected chi connectivity index (χ4v) is 7.29. The summed E-state index contributed by atoms with van der Waals surface area (Å²) in [6, 6.07) is 8.46. The molecule has 0 radical (unpaired) electrons. The van der Waals surface area contributed by atoms with E-state index in [9.17, 15) is 18.0 Å². The van der Waals surface area contributed by atoms with Crippen molar-refractivity contribution >= 4 is 37.4 Å². The van der Waals surface area contributed by atoms with Gasteiger partial charge in [-0.25, -0.2) is 0 Å². The second kappa shape index (κ2) is 14.1. The maximum Gasteiger partial charge on any atom is 0.416 e. The maximum atomic E-state index is 13.9. The third kappa shape index (κ3) is 9.38. The number of carbonyl (C=O) groups is 1. The second-order valence-electron chi connectivity index (χ2n) is 14.0. The van der Waals surface area contributed by atoms with Crippen molar-refractivity contribution in [2.24, 2.45) is 0 Å². The fraction of sp³-hybridized carbons (Fsp3) is 0.606. The van der Waals surface area contributed by atoms with Gasteiger partial charge in [-0.05, 0) is 74.3 Å². The Morgan fingerprint density at radius 2 is 1.60 bits per heavy atom. The van der Waals surface area contributed by atoms with E-state index in [1.165, 1.54) is 6.07 Å². The van der Waals surface area contributed by atoms with E-state index in [1.54, 1.807) is 4.90 Å². The van der Waals surface area contributed by atoms with E-state index in [-0.39, 0.29) is 33.9 Å². The van der Waals surface area contributed by atoms with Crippen molar-refractivity contribution in [1.29, 1.82) is 0 Å². The van der Waals surface area contributed by atoms with Gasteiger partial charge in [0, 0.05) is 62.4 Å². The monoisotopic (exact) mass is 687 g/mol. The molecule has 12 heteroatoms. The Labute approximate surface area is 276 Å². The summed E-state index contributed by atoms with van der Waals surface area (Å²) in [6.07, 6.45) is -3.78. The molecule has 6 nitrogen and oxygen atoms in total. The summed E-state index contributed by atoms with van der Waals surface area (Å²) in [5.41, 5.74) is -0.0640. The molecule has 0 saturated carbocycles. The SMILES string of the molecule is CC1CN(CCN2CCN(C(=O)c3cc(Cl)cc(C(F)(F)F)c3)[C@H](Cc3ccc(Cl)c(O[Si](C)(C)C(C)(C)C)c3)C2)CC(C)O1. The molecule has 0 bridgehead atoms. The first-order chi connectivity index (χ1) is 20.8. The number of rotatable bonds is 8. The Kier molecular flexibility index (Phi) is 11.3. The van der Waals surface area contributed by atoms with Crippen LogP contribution >= 0.6 is 23.2 Å². The van der Waals surface area contributed by atoms with Crippen molar-refractivity contribution < 1.29 is 27.1 Å². The molecule has 2 aromatic carbocycles. The largest absolute Gasteiger partial charge is 0.543 e. The second-order valence-corrected chi connectivity index (χ2v) is 19.6. The number of ether oxygens (including phenoxy) is 1. The Bertz CT molecular complexity index is 1340.